The lowest BCUT2D eigenvalue weighted by atomic mass is 10.0. The second-order valence-electron chi connectivity index (χ2n) is 10.6. The third-order valence-electron chi connectivity index (χ3n) is 5.99. The van der Waals surface area contributed by atoms with Crippen molar-refractivity contribution in [1.82, 2.24) is 0 Å². The monoisotopic (exact) mass is 687 g/mol. The van der Waals surface area contributed by atoms with Crippen LogP contribution in [0, 0.1) is 13.8 Å². The first-order valence-electron chi connectivity index (χ1n) is 18.4. The number of hydrogen-bond acceptors (Lipinski definition) is 3. The molecule has 0 fully saturated rings. The van der Waals surface area contributed by atoms with Crippen molar-refractivity contribution in [2.45, 2.75) is 137 Å². The van der Waals surface area contributed by atoms with Gasteiger partial charge in [-0.3, -0.25) is 14.4 Å². The van der Waals surface area contributed by atoms with E-state index in [1.54, 1.807) is 26.0 Å². The van der Waals surface area contributed by atoms with Gasteiger partial charge in [-0.1, -0.05) is 148 Å². The molecule has 0 amide bonds. The minimum absolute atomic E-state index is 0.0443. The Labute approximate surface area is 310 Å². The summed E-state index contributed by atoms with van der Waals surface area (Å²) < 4.78 is 0. The molecule has 0 aliphatic heterocycles. The van der Waals surface area contributed by atoms with Crippen molar-refractivity contribution in [1.29, 1.82) is 0 Å². The zero-order valence-electron chi connectivity index (χ0n) is 35.3. The molecule has 0 N–H and O–H groups in total. The molecule has 0 aliphatic rings. The molecule has 280 valence electrons. The van der Waals surface area contributed by atoms with Crippen LogP contribution in [0.2, 0.25) is 0 Å². The van der Waals surface area contributed by atoms with Crippen LogP contribution in [-0.4, -0.2) is 17.3 Å². The average molecular weight is 687 g/mol. The lowest BCUT2D eigenvalue weighted by Crippen LogP contribution is -1.96. The van der Waals surface area contributed by atoms with Gasteiger partial charge in [0.05, 0.1) is 0 Å². The third-order valence-corrected chi connectivity index (χ3v) is 5.99. The van der Waals surface area contributed by atoms with Gasteiger partial charge in [-0.15, -0.1) is 6.58 Å². The fourth-order valence-electron chi connectivity index (χ4n) is 3.52. The molecule has 0 spiro atoms. The van der Waals surface area contributed by atoms with Gasteiger partial charge in [-0.05, 0) is 112 Å². The Balaban J connectivity index is -0.000000176. The molecule has 0 unspecified atom stereocenters. The number of rotatable bonds is 8. The van der Waals surface area contributed by atoms with Gasteiger partial charge in [-0.25, -0.2) is 0 Å². The van der Waals surface area contributed by atoms with Gasteiger partial charge >= 0.3 is 0 Å². The molecule has 0 aliphatic carbocycles. The van der Waals surface area contributed by atoms with Crippen LogP contribution in [0.25, 0.3) is 5.57 Å². The Bertz CT molecular complexity index is 1370. The third kappa shape index (κ3) is 32.4. The van der Waals surface area contributed by atoms with E-state index in [2.05, 4.69) is 65.1 Å². The van der Waals surface area contributed by atoms with E-state index in [0.717, 1.165) is 35.1 Å². The van der Waals surface area contributed by atoms with Crippen molar-refractivity contribution in [3.05, 3.63) is 137 Å². The smallest absolute Gasteiger partial charge is 0.159 e. The van der Waals surface area contributed by atoms with Gasteiger partial charge in [0, 0.05) is 12.0 Å². The molecule has 0 saturated carbocycles. The maximum absolute atomic E-state index is 10.9. The zero-order chi connectivity index (χ0) is 40.2. The molecule has 0 atom stereocenters. The SMILES string of the molecule is C=C(/C=C\C(C)=O)c1cccc(CC)c1.C=C(C)C.CC.CC.CC.CC.CC(=O)Cc1ccc(C)c(C)c1.CCc1cccc(C(C)=O)c1. The van der Waals surface area contributed by atoms with Gasteiger partial charge in [0.25, 0.3) is 0 Å². The Kier molecular flexibility index (Phi) is 41.7. The summed E-state index contributed by atoms with van der Waals surface area (Å²) in [6, 6.07) is 22.1. The van der Waals surface area contributed by atoms with E-state index < -0.39 is 0 Å². The van der Waals surface area contributed by atoms with Gasteiger partial charge in [0.1, 0.15) is 5.78 Å². The summed E-state index contributed by atoms with van der Waals surface area (Å²) in [5.74, 6) is 0.404. The van der Waals surface area contributed by atoms with Gasteiger partial charge in [0.2, 0.25) is 0 Å². The van der Waals surface area contributed by atoms with Crippen molar-refractivity contribution < 1.29 is 14.4 Å². The van der Waals surface area contributed by atoms with Crippen LogP contribution in [0.5, 0.6) is 0 Å². The van der Waals surface area contributed by atoms with Gasteiger partial charge in [-0.2, -0.15) is 0 Å². The lowest BCUT2D eigenvalue weighted by molar-refractivity contribution is -0.116. The summed E-state index contributed by atoms with van der Waals surface area (Å²) in [5.41, 5.74) is 10.1. The number of aryl methyl sites for hydroxylation is 4. The maximum atomic E-state index is 10.9. The van der Waals surface area contributed by atoms with Crippen molar-refractivity contribution in [2.24, 2.45) is 0 Å². The van der Waals surface area contributed by atoms with Crippen LogP contribution >= 0.6 is 0 Å². The molecular formula is C47H74O3. The lowest BCUT2D eigenvalue weighted by Gasteiger charge is -2.02. The normalized spacial score (nSPS) is 8.66. The molecule has 3 nitrogen and oxygen atoms in total. The van der Waals surface area contributed by atoms with Crippen LogP contribution in [0.4, 0.5) is 0 Å². The van der Waals surface area contributed by atoms with Crippen LogP contribution < -0.4 is 0 Å². The topological polar surface area (TPSA) is 51.2 Å². The van der Waals surface area contributed by atoms with Crippen LogP contribution in [0.3, 0.4) is 0 Å². The molecule has 0 saturated heterocycles. The quantitative estimate of drug-likeness (QED) is 0.103. The summed E-state index contributed by atoms with van der Waals surface area (Å²) >= 11 is 0. The van der Waals surface area contributed by atoms with Gasteiger partial charge < -0.3 is 0 Å². The summed E-state index contributed by atoms with van der Waals surface area (Å²) in [4.78, 5) is 32.5. The standard InChI is InChI=1S/C14H16O.C11H14O.C10H12O.C4H8.4C2H6/c1-4-13-6-5-7-14(10-13)11(2)8-9-12(3)15;1-8-4-5-11(6-9(8)2)7-10(3)12;1-3-9-5-4-6-10(7-9)8(2)11;1-4(2)3;4*1-2/h5-10H,2,4H2,1,3H3;4-6H,7H2,1-3H3;4-7H,3H2,1-2H3;1H2,2-3H3;4*1-2H3/b9-8-;;;;;;;. The van der Waals surface area contributed by atoms with Crippen molar-refractivity contribution in [3.8, 4) is 0 Å². The van der Waals surface area contributed by atoms with E-state index >= 15 is 0 Å². The fourth-order valence-corrected chi connectivity index (χ4v) is 3.52. The molecule has 3 aromatic carbocycles. The fraction of sp³-hybridized carbons (Fsp3) is 0.426. The molecule has 3 heteroatoms. The minimum Gasteiger partial charge on any atom is -0.300 e. The van der Waals surface area contributed by atoms with E-state index in [1.807, 2.05) is 112 Å². The number of carbonyl (C=O) groups excluding carboxylic acids is 3. The second kappa shape index (κ2) is 37.7. The van der Waals surface area contributed by atoms with Crippen molar-refractivity contribution >= 4 is 22.9 Å². The van der Waals surface area contributed by atoms with Gasteiger partial charge in [0.15, 0.2) is 11.6 Å². The van der Waals surface area contributed by atoms with Crippen LogP contribution in [0.15, 0.2) is 97.6 Å². The first-order chi connectivity index (χ1) is 23.7. The Morgan fingerprint density at radius 2 is 0.980 bits per heavy atom. The Morgan fingerprint density at radius 3 is 1.34 bits per heavy atom. The molecule has 50 heavy (non-hydrogen) atoms. The molecule has 3 aromatic rings. The van der Waals surface area contributed by atoms with Crippen molar-refractivity contribution in [3.63, 3.8) is 0 Å². The van der Waals surface area contributed by atoms with E-state index in [1.165, 1.54) is 34.8 Å². The maximum Gasteiger partial charge on any atom is 0.159 e. The largest absolute Gasteiger partial charge is 0.300 e. The first kappa shape index (κ1) is 55.3. The minimum atomic E-state index is 0.0443. The molecule has 0 radical (unpaired) electrons. The van der Waals surface area contributed by atoms with Crippen molar-refractivity contribution in [2.75, 3.05) is 0 Å². The highest BCUT2D eigenvalue weighted by Crippen LogP contribution is 2.16. The van der Waals surface area contributed by atoms with Crippen LogP contribution in [0.1, 0.15) is 148 Å². The second-order valence-corrected chi connectivity index (χ2v) is 10.6. The number of hydrogen-bond donors (Lipinski definition) is 0. The molecule has 3 rings (SSSR count). The zero-order valence-corrected chi connectivity index (χ0v) is 35.3. The highest BCUT2D eigenvalue weighted by molar-refractivity contribution is 5.94. The molecular weight excluding hydrogens is 613 g/mol. The number of allylic oxidation sites excluding steroid dienone is 4. The van der Waals surface area contributed by atoms with E-state index in [9.17, 15) is 14.4 Å². The number of carbonyl (C=O) groups is 3. The first-order valence-corrected chi connectivity index (χ1v) is 18.4. The number of ketones is 3. The molecule has 0 bridgehead atoms. The Morgan fingerprint density at radius 1 is 0.560 bits per heavy atom. The molecule has 0 heterocycles. The highest BCUT2D eigenvalue weighted by atomic mass is 16.1. The Hall–Kier alpha value is -4.11. The summed E-state index contributed by atoms with van der Waals surface area (Å²) in [6.45, 7) is 40.5. The van der Waals surface area contributed by atoms with E-state index in [-0.39, 0.29) is 17.3 Å². The summed E-state index contributed by atoms with van der Waals surface area (Å²) in [5, 5.41) is 0. The van der Waals surface area contributed by atoms with E-state index in [4.69, 9.17) is 0 Å². The van der Waals surface area contributed by atoms with E-state index in [0.29, 0.717) is 6.42 Å². The molecule has 0 aromatic heterocycles. The number of Topliss-reactive ketones (excluding diaryl/α,β-unsaturated/α-hetero) is 2. The average Bonchev–Trinajstić information content (AvgIpc) is 3.12. The summed E-state index contributed by atoms with van der Waals surface area (Å²) in [7, 11) is 0. The predicted octanol–water partition coefficient (Wildman–Crippen LogP) is 14.0. The highest BCUT2D eigenvalue weighted by Gasteiger charge is 2.00. The van der Waals surface area contributed by atoms with Crippen LogP contribution in [-0.2, 0) is 28.9 Å². The summed E-state index contributed by atoms with van der Waals surface area (Å²) in [6.07, 6.45) is 5.86. The number of benzene rings is 3. The predicted molar refractivity (Wildman–Crippen MR) is 227 cm³/mol.